The summed E-state index contributed by atoms with van der Waals surface area (Å²) in [5.41, 5.74) is -2.21. The minimum Gasteiger partial charge on any atom is -0.481 e. The van der Waals surface area contributed by atoms with Crippen LogP contribution in [0.4, 0.5) is 13.2 Å². The van der Waals surface area contributed by atoms with Gasteiger partial charge in [-0.3, -0.25) is 4.79 Å². The van der Waals surface area contributed by atoms with Crippen molar-refractivity contribution in [3.63, 3.8) is 0 Å². The number of alkyl halides is 3. The van der Waals surface area contributed by atoms with E-state index in [1.165, 1.54) is 32.0 Å². The lowest BCUT2D eigenvalue weighted by Gasteiger charge is -2.16. The minimum atomic E-state index is -4.50. The molecule has 0 atom stereocenters. The van der Waals surface area contributed by atoms with Gasteiger partial charge in [0.2, 0.25) is 0 Å². The van der Waals surface area contributed by atoms with Crippen LogP contribution < -0.4 is 0 Å². The van der Waals surface area contributed by atoms with Crippen molar-refractivity contribution in [3.8, 4) is 0 Å². The first-order valence-corrected chi connectivity index (χ1v) is 5.93. The smallest absolute Gasteiger partial charge is 0.420 e. The number of carboxylic acid groups (broad SMARTS) is 1. The maximum atomic E-state index is 12.8. The molecule has 0 fully saturated rings. The lowest BCUT2D eigenvalue weighted by Crippen LogP contribution is -2.25. The second-order valence-electron chi connectivity index (χ2n) is 5.30. The first-order chi connectivity index (χ1) is 9.11. The molecule has 2 aromatic rings. The van der Waals surface area contributed by atoms with Crippen molar-refractivity contribution >= 4 is 16.9 Å². The van der Waals surface area contributed by atoms with Crippen LogP contribution in [0.1, 0.15) is 25.2 Å². The fourth-order valence-corrected chi connectivity index (χ4v) is 1.94. The molecule has 0 saturated carbocycles. The quantitative estimate of drug-likeness (QED) is 0.924. The van der Waals surface area contributed by atoms with Crippen molar-refractivity contribution in [2.24, 2.45) is 5.41 Å². The van der Waals surface area contributed by atoms with Crippen LogP contribution in [-0.4, -0.2) is 11.1 Å². The molecule has 0 amide bonds. The van der Waals surface area contributed by atoms with E-state index in [-0.39, 0.29) is 17.8 Å². The summed E-state index contributed by atoms with van der Waals surface area (Å²) in [6.07, 6.45) is -4.48. The van der Waals surface area contributed by atoms with Crippen molar-refractivity contribution in [2.75, 3.05) is 0 Å². The van der Waals surface area contributed by atoms with E-state index in [1.54, 1.807) is 0 Å². The van der Waals surface area contributed by atoms with Gasteiger partial charge in [-0.25, -0.2) is 0 Å². The van der Waals surface area contributed by atoms with Crippen LogP contribution in [0.3, 0.4) is 0 Å². The summed E-state index contributed by atoms with van der Waals surface area (Å²) in [5, 5.41) is 9.36. The molecule has 1 aromatic carbocycles. The molecule has 0 aliphatic heterocycles. The Kier molecular flexibility index (Phi) is 3.28. The van der Waals surface area contributed by atoms with Crippen LogP contribution in [0.25, 0.3) is 11.0 Å². The van der Waals surface area contributed by atoms with Crippen molar-refractivity contribution in [2.45, 2.75) is 26.4 Å². The van der Waals surface area contributed by atoms with Gasteiger partial charge in [0.15, 0.2) is 0 Å². The molecule has 0 saturated heterocycles. The molecule has 0 unspecified atom stereocenters. The standard InChI is InChI=1S/C14H13F3O3/c1-13(2,12(18)19)7-9-6-8-4-3-5-10(11(8)20-9)14(15,16)17/h3-6H,7H2,1-2H3,(H,18,19). The van der Waals surface area contributed by atoms with E-state index in [0.29, 0.717) is 5.39 Å². The van der Waals surface area contributed by atoms with Crippen molar-refractivity contribution in [3.05, 3.63) is 35.6 Å². The number of rotatable bonds is 3. The number of aliphatic carboxylic acids is 1. The molecule has 1 aromatic heterocycles. The number of hydrogen-bond acceptors (Lipinski definition) is 2. The van der Waals surface area contributed by atoms with Crippen LogP contribution in [0.15, 0.2) is 28.7 Å². The van der Waals surface area contributed by atoms with Gasteiger partial charge in [0.25, 0.3) is 0 Å². The third-order valence-electron chi connectivity index (χ3n) is 3.10. The molecule has 0 aliphatic carbocycles. The molecule has 0 bridgehead atoms. The number of carbonyl (C=O) groups is 1. The predicted octanol–water partition coefficient (Wildman–Crippen LogP) is 4.10. The molecule has 2 rings (SSSR count). The van der Waals surface area contributed by atoms with Crippen molar-refractivity contribution < 1.29 is 27.5 Å². The Hall–Kier alpha value is -1.98. The highest BCUT2D eigenvalue weighted by molar-refractivity contribution is 5.82. The second kappa shape index (κ2) is 4.54. The topological polar surface area (TPSA) is 50.4 Å². The monoisotopic (exact) mass is 286 g/mol. The van der Waals surface area contributed by atoms with Crippen molar-refractivity contribution in [1.29, 1.82) is 0 Å². The van der Waals surface area contributed by atoms with E-state index in [0.717, 1.165) is 6.07 Å². The van der Waals surface area contributed by atoms with Gasteiger partial charge in [-0.15, -0.1) is 0 Å². The van der Waals surface area contributed by atoms with Gasteiger partial charge in [-0.05, 0) is 26.0 Å². The molecule has 1 heterocycles. The summed E-state index contributed by atoms with van der Waals surface area (Å²) < 4.78 is 43.7. The Labute approximate surface area is 113 Å². The van der Waals surface area contributed by atoms with Gasteiger partial charge in [-0.1, -0.05) is 12.1 Å². The number of carboxylic acids is 1. The van der Waals surface area contributed by atoms with Gasteiger partial charge in [0.1, 0.15) is 11.3 Å². The second-order valence-corrected chi connectivity index (χ2v) is 5.30. The number of halogens is 3. The van der Waals surface area contributed by atoms with E-state index in [1.807, 2.05) is 0 Å². The molecule has 0 radical (unpaired) electrons. The lowest BCUT2D eigenvalue weighted by atomic mass is 9.88. The number of para-hydroxylation sites is 1. The van der Waals surface area contributed by atoms with E-state index in [4.69, 9.17) is 9.52 Å². The highest BCUT2D eigenvalue weighted by Gasteiger charge is 2.35. The Balaban J connectivity index is 2.47. The van der Waals surface area contributed by atoms with Gasteiger partial charge in [0.05, 0.1) is 11.0 Å². The fraction of sp³-hybridized carbons (Fsp3) is 0.357. The van der Waals surface area contributed by atoms with Crippen LogP contribution in [0.5, 0.6) is 0 Å². The van der Waals surface area contributed by atoms with E-state index >= 15 is 0 Å². The third-order valence-corrected chi connectivity index (χ3v) is 3.10. The molecule has 3 nitrogen and oxygen atoms in total. The largest absolute Gasteiger partial charge is 0.481 e. The average molecular weight is 286 g/mol. The fourth-order valence-electron chi connectivity index (χ4n) is 1.94. The summed E-state index contributed by atoms with van der Waals surface area (Å²) in [7, 11) is 0. The zero-order valence-corrected chi connectivity index (χ0v) is 10.9. The van der Waals surface area contributed by atoms with E-state index < -0.39 is 23.1 Å². The van der Waals surface area contributed by atoms with E-state index in [9.17, 15) is 18.0 Å². The third kappa shape index (κ3) is 2.64. The Morgan fingerprint density at radius 2 is 1.95 bits per heavy atom. The molecular weight excluding hydrogens is 273 g/mol. The first kappa shape index (κ1) is 14.4. The lowest BCUT2D eigenvalue weighted by molar-refractivity contribution is -0.147. The maximum absolute atomic E-state index is 12.8. The SMILES string of the molecule is CC(C)(Cc1cc2cccc(C(F)(F)F)c2o1)C(=O)O. The normalized spacial score (nSPS) is 12.8. The number of hydrogen-bond donors (Lipinski definition) is 1. The molecule has 0 aliphatic rings. The van der Waals surface area contributed by atoms with Gasteiger partial charge < -0.3 is 9.52 Å². The van der Waals surface area contributed by atoms with Gasteiger partial charge in [-0.2, -0.15) is 13.2 Å². The molecule has 6 heteroatoms. The zero-order chi connectivity index (χ0) is 15.1. The predicted molar refractivity (Wildman–Crippen MR) is 66.3 cm³/mol. The number of furan rings is 1. The van der Waals surface area contributed by atoms with Crippen LogP contribution in [0, 0.1) is 5.41 Å². The molecule has 20 heavy (non-hydrogen) atoms. The van der Waals surface area contributed by atoms with Crippen LogP contribution >= 0.6 is 0 Å². The Bertz CT molecular complexity index is 653. The number of benzene rings is 1. The van der Waals surface area contributed by atoms with Crippen LogP contribution in [0.2, 0.25) is 0 Å². The minimum absolute atomic E-state index is 0.0221. The summed E-state index contributed by atoms with van der Waals surface area (Å²) in [5.74, 6) is -0.807. The van der Waals surface area contributed by atoms with Gasteiger partial charge >= 0.3 is 12.1 Å². The summed E-state index contributed by atoms with van der Waals surface area (Å²) in [6, 6.07) is 5.20. The first-order valence-electron chi connectivity index (χ1n) is 5.93. The maximum Gasteiger partial charge on any atom is 0.420 e. The molecule has 108 valence electrons. The average Bonchev–Trinajstić information content (AvgIpc) is 2.67. The number of fused-ring (bicyclic) bond motifs is 1. The van der Waals surface area contributed by atoms with Crippen molar-refractivity contribution in [1.82, 2.24) is 0 Å². The molecular formula is C14H13F3O3. The zero-order valence-electron chi connectivity index (χ0n) is 10.9. The molecule has 1 N–H and O–H groups in total. The summed E-state index contributed by atoms with van der Waals surface area (Å²) in [6.45, 7) is 2.99. The Morgan fingerprint density at radius 3 is 2.50 bits per heavy atom. The van der Waals surface area contributed by atoms with Gasteiger partial charge in [0, 0.05) is 11.8 Å². The van der Waals surface area contributed by atoms with Crippen LogP contribution in [-0.2, 0) is 17.4 Å². The highest BCUT2D eigenvalue weighted by Crippen LogP contribution is 2.37. The summed E-state index contributed by atoms with van der Waals surface area (Å²) >= 11 is 0. The molecule has 0 spiro atoms. The summed E-state index contributed by atoms with van der Waals surface area (Å²) in [4.78, 5) is 11.0. The highest BCUT2D eigenvalue weighted by atomic mass is 19.4. The van der Waals surface area contributed by atoms with E-state index in [2.05, 4.69) is 0 Å². The Morgan fingerprint density at radius 1 is 1.30 bits per heavy atom.